The van der Waals surface area contributed by atoms with Gasteiger partial charge >= 0.3 is 6.09 Å². The van der Waals surface area contributed by atoms with Crippen LogP contribution < -0.4 is 5.73 Å². The van der Waals surface area contributed by atoms with Crippen LogP contribution in [-0.2, 0) is 0 Å². The molecule has 0 aromatic carbocycles. The summed E-state index contributed by atoms with van der Waals surface area (Å²) >= 11 is 0. The van der Waals surface area contributed by atoms with Gasteiger partial charge in [0.05, 0.1) is 0 Å². The second-order valence-corrected chi connectivity index (χ2v) is 2.80. The van der Waals surface area contributed by atoms with Crippen LogP contribution in [-0.4, -0.2) is 11.2 Å². The van der Waals surface area contributed by atoms with E-state index in [1.165, 1.54) is 38.5 Å². The quantitative estimate of drug-likeness (QED) is 0.550. The number of allylic oxidation sites excluding steroid dienone is 2. The van der Waals surface area contributed by atoms with Crippen LogP contribution in [0.25, 0.3) is 0 Å². The number of nitrogens with two attached hydrogens (primary N) is 1. The summed E-state index contributed by atoms with van der Waals surface area (Å²) in [6.45, 7) is 0. The Kier molecular flexibility index (Phi) is 7.44. The van der Waals surface area contributed by atoms with Crippen LogP contribution in [0.2, 0.25) is 0 Å². The highest BCUT2D eigenvalue weighted by molar-refractivity contribution is 5.61. The molecular formula is C9H17NO2. The first-order valence-corrected chi connectivity index (χ1v) is 4.37. The van der Waals surface area contributed by atoms with Crippen molar-refractivity contribution in [2.45, 2.75) is 38.5 Å². The fraction of sp³-hybridized carbons (Fsp3) is 0.667. The molecular weight excluding hydrogens is 154 g/mol. The molecule has 0 saturated heterocycles. The van der Waals surface area contributed by atoms with Gasteiger partial charge in [0.1, 0.15) is 0 Å². The molecule has 0 spiro atoms. The van der Waals surface area contributed by atoms with E-state index in [0.29, 0.717) is 0 Å². The molecule has 3 N–H and O–H groups in total. The van der Waals surface area contributed by atoms with E-state index in [1.807, 2.05) is 0 Å². The number of amides is 1. The molecule has 0 bridgehead atoms. The van der Waals surface area contributed by atoms with Crippen LogP contribution in [0.4, 0.5) is 4.79 Å². The van der Waals surface area contributed by atoms with Crippen molar-refractivity contribution < 1.29 is 9.90 Å². The minimum atomic E-state index is -1.33. The van der Waals surface area contributed by atoms with Gasteiger partial charge < -0.3 is 10.8 Å². The first kappa shape index (κ1) is 11.0. The average Bonchev–Trinajstić information content (AvgIpc) is 1.82. The molecule has 1 rings (SSSR count). The van der Waals surface area contributed by atoms with Crippen molar-refractivity contribution in [3.8, 4) is 0 Å². The third-order valence-electron chi connectivity index (χ3n) is 1.66. The Morgan fingerprint density at radius 3 is 1.75 bits per heavy atom. The van der Waals surface area contributed by atoms with Crippen LogP contribution in [0.15, 0.2) is 12.2 Å². The zero-order chi connectivity index (χ0) is 9.23. The first-order valence-electron chi connectivity index (χ1n) is 4.37. The zero-order valence-electron chi connectivity index (χ0n) is 7.33. The molecule has 1 amide bonds. The monoisotopic (exact) mass is 171 g/mol. The molecule has 1 aliphatic carbocycles. The normalized spacial score (nSPS) is 19.3. The molecule has 70 valence electrons. The van der Waals surface area contributed by atoms with Crippen molar-refractivity contribution in [2.24, 2.45) is 5.73 Å². The molecule has 12 heavy (non-hydrogen) atoms. The molecule has 0 aromatic heterocycles. The molecule has 0 saturated carbocycles. The van der Waals surface area contributed by atoms with Gasteiger partial charge in [-0.25, -0.2) is 4.79 Å². The molecule has 0 heterocycles. The fourth-order valence-electron chi connectivity index (χ4n) is 1.11. The van der Waals surface area contributed by atoms with Crippen molar-refractivity contribution in [2.75, 3.05) is 0 Å². The van der Waals surface area contributed by atoms with Gasteiger partial charge in [-0.2, -0.15) is 0 Å². The van der Waals surface area contributed by atoms with Crippen LogP contribution in [0, 0.1) is 0 Å². The van der Waals surface area contributed by atoms with Gasteiger partial charge in [-0.1, -0.05) is 25.0 Å². The Labute approximate surface area is 73.3 Å². The Morgan fingerprint density at radius 2 is 1.42 bits per heavy atom. The van der Waals surface area contributed by atoms with E-state index in [9.17, 15) is 0 Å². The van der Waals surface area contributed by atoms with E-state index in [0.717, 1.165) is 0 Å². The highest BCUT2D eigenvalue weighted by atomic mass is 16.4. The lowest BCUT2D eigenvalue weighted by Gasteiger charge is -2.00. The van der Waals surface area contributed by atoms with Crippen LogP contribution in [0.3, 0.4) is 0 Å². The number of carbonyl (C=O) groups is 1. The van der Waals surface area contributed by atoms with Gasteiger partial charge in [-0.15, -0.1) is 0 Å². The number of carboxylic acid groups (broad SMARTS) is 1. The van der Waals surface area contributed by atoms with Crippen LogP contribution in [0.5, 0.6) is 0 Å². The smallest absolute Gasteiger partial charge is 0.402 e. The molecule has 0 aliphatic heterocycles. The highest BCUT2D eigenvalue weighted by Gasteiger charge is 1.89. The van der Waals surface area contributed by atoms with Crippen LogP contribution >= 0.6 is 0 Å². The number of rotatable bonds is 0. The largest absolute Gasteiger partial charge is 0.465 e. The first-order chi connectivity index (χ1) is 5.73. The second kappa shape index (κ2) is 8.11. The van der Waals surface area contributed by atoms with Gasteiger partial charge in [0.2, 0.25) is 0 Å². The van der Waals surface area contributed by atoms with Gasteiger partial charge in [-0.05, 0) is 25.7 Å². The van der Waals surface area contributed by atoms with E-state index in [1.54, 1.807) is 0 Å². The maximum Gasteiger partial charge on any atom is 0.402 e. The Balaban J connectivity index is 0.000000261. The topological polar surface area (TPSA) is 63.3 Å². The molecule has 0 radical (unpaired) electrons. The average molecular weight is 171 g/mol. The van der Waals surface area contributed by atoms with E-state index in [2.05, 4.69) is 17.9 Å². The van der Waals surface area contributed by atoms with Gasteiger partial charge in [0, 0.05) is 0 Å². The second-order valence-electron chi connectivity index (χ2n) is 2.80. The summed E-state index contributed by atoms with van der Waals surface area (Å²) in [5.74, 6) is 0. The minimum absolute atomic E-state index is 1.32. The van der Waals surface area contributed by atoms with Gasteiger partial charge in [0.25, 0.3) is 0 Å². The van der Waals surface area contributed by atoms with Gasteiger partial charge in [0.15, 0.2) is 0 Å². The Hall–Kier alpha value is -0.990. The Morgan fingerprint density at radius 1 is 1.08 bits per heavy atom. The summed E-state index contributed by atoms with van der Waals surface area (Å²) in [5.41, 5.74) is 4.03. The summed E-state index contributed by atoms with van der Waals surface area (Å²) in [7, 11) is 0. The molecule has 0 fully saturated rings. The zero-order valence-corrected chi connectivity index (χ0v) is 7.33. The predicted molar refractivity (Wildman–Crippen MR) is 49.1 cm³/mol. The van der Waals surface area contributed by atoms with Crippen LogP contribution in [0.1, 0.15) is 38.5 Å². The summed E-state index contributed by atoms with van der Waals surface area (Å²) in [4.78, 5) is 8.78. The van der Waals surface area contributed by atoms with Crippen molar-refractivity contribution in [3.63, 3.8) is 0 Å². The van der Waals surface area contributed by atoms with E-state index >= 15 is 0 Å². The van der Waals surface area contributed by atoms with E-state index in [-0.39, 0.29) is 0 Å². The van der Waals surface area contributed by atoms with E-state index in [4.69, 9.17) is 9.90 Å². The molecule has 3 heteroatoms. The maximum absolute atomic E-state index is 8.78. The van der Waals surface area contributed by atoms with Crippen molar-refractivity contribution in [1.82, 2.24) is 0 Å². The SMILES string of the molecule is C1=C/CCCCCC/1.NC(=O)O. The van der Waals surface area contributed by atoms with Crippen molar-refractivity contribution in [3.05, 3.63) is 12.2 Å². The lowest BCUT2D eigenvalue weighted by atomic mass is 10.1. The molecule has 0 unspecified atom stereocenters. The summed E-state index contributed by atoms with van der Waals surface area (Å²) in [6, 6.07) is 0. The number of primary amides is 1. The number of hydrogen-bond acceptors (Lipinski definition) is 1. The standard InChI is InChI=1S/C8H14.CH3NO2/c1-2-4-6-8-7-5-3-1;2-1(3)4/h1-2H,3-8H2;2H2,(H,3,4)/b2-1+;. The number of hydrogen-bond donors (Lipinski definition) is 2. The molecule has 0 atom stereocenters. The summed E-state index contributed by atoms with van der Waals surface area (Å²) in [6.07, 6.45) is 11.7. The third-order valence-corrected chi connectivity index (χ3v) is 1.66. The third kappa shape index (κ3) is 11.8. The predicted octanol–water partition coefficient (Wildman–Crippen LogP) is 2.52. The summed E-state index contributed by atoms with van der Waals surface area (Å²) < 4.78 is 0. The molecule has 0 aromatic rings. The fourth-order valence-corrected chi connectivity index (χ4v) is 1.11. The molecule has 3 nitrogen and oxygen atoms in total. The molecule has 1 aliphatic rings. The van der Waals surface area contributed by atoms with Crippen molar-refractivity contribution >= 4 is 6.09 Å². The van der Waals surface area contributed by atoms with E-state index < -0.39 is 6.09 Å². The highest BCUT2D eigenvalue weighted by Crippen LogP contribution is 2.09. The van der Waals surface area contributed by atoms with Crippen molar-refractivity contribution in [1.29, 1.82) is 0 Å². The van der Waals surface area contributed by atoms with Gasteiger partial charge in [-0.3, -0.25) is 0 Å². The lowest BCUT2D eigenvalue weighted by molar-refractivity contribution is 0.205. The lowest BCUT2D eigenvalue weighted by Crippen LogP contribution is -2.03. The summed E-state index contributed by atoms with van der Waals surface area (Å²) in [5, 5.41) is 7.19. The Bertz CT molecular complexity index is 129. The minimum Gasteiger partial charge on any atom is -0.465 e. The maximum atomic E-state index is 8.78.